The van der Waals surface area contributed by atoms with E-state index in [0.717, 1.165) is 64.2 Å². The van der Waals surface area contributed by atoms with E-state index in [1.165, 1.54) is 148 Å². The number of allylic oxidation sites excluding steroid dienone is 10. The van der Waals surface area contributed by atoms with Gasteiger partial charge in [-0.15, -0.1) is 0 Å². The lowest BCUT2D eigenvalue weighted by Gasteiger charge is -2.24. The molecule has 0 radical (unpaired) electrons. The highest BCUT2D eigenvalue weighted by molar-refractivity contribution is 7.47. The van der Waals surface area contributed by atoms with Gasteiger partial charge in [0.15, 0.2) is 0 Å². The first-order chi connectivity index (χ1) is 31.6. The van der Waals surface area contributed by atoms with Crippen molar-refractivity contribution in [3.8, 4) is 0 Å². The van der Waals surface area contributed by atoms with Crippen LogP contribution in [-0.4, -0.2) is 75.6 Å². The van der Waals surface area contributed by atoms with Crippen molar-refractivity contribution < 1.29 is 37.3 Å². The van der Waals surface area contributed by atoms with Crippen LogP contribution in [0.1, 0.15) is 232 Å². The topological polar surface area (TPSA) is 91.3 Å². The van der Waals surface area contributed by atoms with Crippen LogP contribution in [-0.2, 0) is 27.9 Å². The van der Waals surface area contributed by atoms with Crippen molar-refractivity contribution in [3.05, 3.63) is 60.8 Å². The third-order valence-electron chi connectivity index (χ3n) is 11.6. The fraction of sp³-hybridized carbons (Fsp3) is 0.804. The summed E-state index contributed by atoms with van der Waals surface area (Å²) in [6.45, 7) is 5.53. The average molecular weight is 935 g/mol. The molecule has 1 N–H and O–H groups in total. The van der Waals surface area contributed by atoms with Gasteiger partial charge in [-0.1, -0.05) is 229 Å². The van der Waals surface area contributed by atoms with E-state index in [9.17, 15) is 14.3 Å². The normalized spacial score (nSPS) is 14.0. The third-order valence-corrected chi connectivity index (χ3v) is 12.6. The van der Waals surface area contributed by atoms with Crippen molar-refractivity contribution in [2.45, 2.75) is 238 Å². The molecule has 2 unspecified atom stereocenters. The van der Waals surface area contributed by atoms with E-state index in [1.54, 1.807) is 0 Å². The number of ether oxygens (including phenoxy) is 2. The highest BCUT2D eigenvalue weighted by Gasteiger charge is 2.26. The molecule has 0 aromatic carbocycles. The second kappa shape index (κ2) is 48.6. The van der Waals surface area contributed by atoms with Gasteiger partial charge in [0.05, 0.1) is 34.4 Å². The zero-order valence-electron chi connectivity index (χ0n) is 43.2. The summed E-state index contributed by atoms with van der Waals surface area (Å²) < 4.78 is 35.2. The number of carbonyl (C=O) groups is 1. The number of quaternary nitrogens is 1. The maximum absolute atomic E-state index is 12.8. The Morgan fingerprint density at radius 1 is 0.492 bits per heavy atom. The number of hydrogen-bond acceptors (Lipinski definition) is 6. The quantitative estimate of drug-likeness (QED) is 0.0214. The molecular weight excluding hydrogens is 830 g/mol. The molecule has 0 fully saturated rings. The molecule has 0 aliphatic carbocycles. The highest BCUT2D eigenvalue weighted by Crippen LogP contribution is 2.43. The standard InChI is InChI=1S/C56H104NO7P/c1-6-8-10-12-14-16-18-20-22-24-25-26-27-28-29-30-31-32-34-36-38-40-42-44-46-48-51-61-53-55(54-63-65(59,60)62-52-50-57(3,4)5)64-56(58)49-47-45-43-41-39-37-35-33-23-21-19-17-15-13-11-9-7-2/h8,10,14,16,20,22,25-26,28-29,55H,6-7,9,11-13,15,17-19,21,23-24,27,30-54H2,1-5H3/p+1/b10-8-,16-14-,22-20-,26-25-,29-28-. The maximum Gasteiger partial charge on any atom is 0.472 e. The van der Waals surface area contributed by atoms with Crippen LogP contribution in [0.15, 0.2) is 60.8 Å². The van der Waals surface area contributed by atoms with E-state index in [-0.39, 0.29) is 25.8 Å². The molecule has 0 aliphatic rings. The summed E-state index contributed by atoms with van der Waals surface area (Å²) in [5.74, 6) is -0.313. The second-order valence-electron chi connectivity index (χ2n) is 19.2. The maximum atomic E-state index is 12.8. The predicted octanol–water partition coefficient (Wildman–Crippen LogP) is 16.8. The number of likely N-dealkylation sites (N-methyl/N-ethyl adjacent to an activating group) is 1. The number of rotatable bonds is 50. The number of unbranched alkanes of at least 4 members (excludes halogenated alkanes) is 26. The molecule has 2 atom stereocenters. The number of phosphoric acid groups is 1. The van der Waals surface area contributed by atoms with Crippen LogP contribution in [0.25, 0.3) is 0 Å². The minimum Gasteiger partial charge on any atom is -0.457 e. The number of carbonyl (C=O) groups excluding carboxylic acids is 1. The molecule has 0 saturated carbocycles. The van der Waals surface area contributed by atoms with Crippen LogP contribution in [0.2, 0.25) is 0 Å². The van der Waals surface area contributed by atoms with E-state index in [0.29, 0.717) is 24.1 Å². The van der Waals surface area contributed by atoms with E-state index in [4.69, 9.17) is 18.5 Å². The van der Waals surface area contributed by atoms with E-state index < -0.39 is 13.9 Å². The van der Waals surface area contributed by atoms with Crippen molar-refractivity contribution in [3.63, 3.8) is 0 Å². The monoisotopic (exact) mass is 935 g/mol. The summed E-state index contributed by atoms with van der Waals surface area (Å²) in [5, 5.41) is 0. The molecule has 0 heterocycles. The van der Waals surface area contributed by atoms with Gasteiger partial charge in [0.2, 0.25) is 0 Å². The van der Waals surface area contributed by atoms with Crippen LogP contribution in [0, 0.1) is 0 Å². The summed E-state index contributed by atoms with van der Waals surface area (Å²) in [6, 6.07) is 0. The van der Waals surface area contributed by atoms with Crippen LogP contribution in [0.5, 0.6) is 0 Å². The van der Waals surface area contributed by atoms with Crippen molar-refractivity contribution in [1.29, 1.82) is 0 Å². The third kappa shape index (κ3) is 53.0. The molecule has 0 aliphatic heterocycles. The second-order valence-corrected chi connectivity index (χ2v) is 20.7. The molecule has 0 spiro atoms. The molecule has 0 aromatic heterocycles. The van der Waals surface area contributed by atoms with Crippen LogP contribution in [0.4, 0.5) is 0 Å². The smallest absolute Gasteiger partial charge is 0.457 e. The first-order valence-electron chi connectivity index (χ1n) is 27.0. The number of hydrogen-bond donors (Lipinski definition) is 1. The average Bonchev–Trinajstić information content (AvgIpc) is 3.27. The van der Waals surface area contributed by atoms with Gasteiger partial charge in [-0.2, -0.15) is 0 Å². The van der Waals surface area contributed by atoms with Gasteiger partial charge < -0.3 is 18.9 Å². The Morgan fingerprint density at radius 3 is 1.34 bits per heavy atom. The van der Waals surface area contributed by atoms with Crippen molar-refractivity contribution in [2.24, 2.45) is 0 Å². The van der Waals surface area contributed by atoms with E-state index in [1.807, 2.05) is 21.1 Å². The lowest BCUT2D eigenvalue weighted by atomic mass is 10.0. The molecule has 65 heavy (non-hydrogen) atoms. The molecule has 0 aromatic rings. The van der Waals surface area contributed by atoms with Crippen molar-refractivity contribution in [2.75, 3.05) is 54.1 Å². The zero-order valence-corrected chi connectivity index (χ0v) is 44.1. The van der Waals surface area contributed by atoms with Crippen LogP contribution >= 0.6 is 7.82 Å². The molecule has 8 nitrogen and oxygen atoms in total. The molecule has 0 amide bonds. The molecule has 380 valence electrons. The van der Waals surface area contributed by atoms with Crippen LogP contribution < -0.4 is 0 Å². The summed E-state index contributed by atoms with van der Waals surface area (Å²) in [4.78, 5) is 23.0. The lowest BCUT2D eigenvalue weighted by molar-refractivity contribution is -0.870. The molecule has 9 heteroatoms. The van der Waals surface area contributed by atoms with Crippen LogP contribution in [0.3, 0.4) is 0 Å². The summed E-state index contributed by atoms with van der Waals surface area (Å²) in [6.07, 6.45) is 62.7. The van der Waals surface area contributed by atoms with Crippen molar-refractivity contribution >= 4 is 13.8 Å². The molecular formula is C56H105NO7P+. The summed E-state index contributed by atoms with van der Waals surface area (Å²) in [5.41, 5.74) is 0. The Kier molecular flexibility index (Phi) is 47.3. The first kappa shape index (κ1) is 63.2. The molecule has 0 saturated heterocycles. The van der Waals surface area contributed by atoms with E-state index >= 15 is 0 Å². The summed E-state index contributed by atoms with van der Waals surface area (Å²) >= 11 is 0. The minimum atomic E-state index is -4.28. The van der Waals surface area contributed by atoms with Gasteiger partial charge in [-0.25, -0.2) is 4.57 Å². The number of phosphoric ester groups is 1. The number of nitrogens with zero attached hydrogens (tertiary/aromatic N) is 1. The van der Waals surface area contributed by atoms with Crippen molar-refractivity contribution in [1.82, 2.24) is 0 Å². The molecule has 0 rings (SSSR count). The Labute approximate surface area is 402 Å². The minimum absolute atomic E-state index is 0.0873. The van der Waals surface area contributed by atoms with Gasteiger partial charge in [0, 0.05) is 13.0 Å². The van der Waals surface area contributed by atoms with Gasteiger partial charge in [0.1, 0.15) is 19.3 Å². The summed E-state index contributed by atoms with van der Waals surface area (Å²) in [7, 11) is 1.67. The Hall–Kier alpha value is -1.80. The lowest BCUT2D eigenvalue weighted by Crippen LogP contribution is -2.37. The van der Waals surface area contributed by atoms with Gasteiger partial charge in [-0.05, 0) is 57.8 Å². The Bertz CT molecular complexity index is 1220. The fourth-order valence-corrected chi connectivity index (χ4v) is 8.21. The SMILES string of the molecule is CC/C=C\C/C=C\C/C=C\C/C=C\C/C=C\CCCCCCCCCCCCOCC(COP(=O)(O)OCC[N+](C)(C)C)OC(=O)CCCCCCCCCCCCCCCCCCC. The first-order valence-corrected chi connectivity index (χ1v) is 28.5. The predicted molar refractivity (Wildman–Crippen MR) is 279 cm³/mol. The Balaban J connectivity index is 4.09. The zero-order chi connectivity index (χ0) is 47.6. The molecule has 0 bridgehead atoms. The van der Waals surface area contributed by atoms with Gasteiger partial charge in [0.25, 0.3) is 0 Å². The number of esters is 1. The van der Waals surface area contributed by atoms with Gasteiger partial charge >= 0.3 is 13.8 Å². The van der Waals surface area contributed by atoms with Gasteiger partial charge in [-0.3, -0.25) is 13.8 Å². The largest absolute Gasteiger partial charge is 0.472 e. The Morgan fingerprint density at radius 2 is 0.892 bits per heavy atom. The highest BCUT2D eigenvalue weighted by atomic mass is 31.2. The van der Waals surface area contributed by atoms with E-state index in [2.05, 4.69) is 74.6 Å². The fourth-order valence-electron chi connectivity index (χ4n) is 7.46.